The fourth-order valence-corrected chi connectivity index (χ4v) is 11.1. The Morgan fingerprint density at radius 3 is 1.94 bits per heavy atom. The molecule has 0 aliphatic carbocycles. The van der Waals surface area contributed by atoms with Gasteiger partial charge in [0.2, 0.25) is 9.84 Å². The third-order valence-electron chi connectivity index (χ3n) is 6.47. The summed E-state index contributed by atoms with van der Waals surface area (Å²) in [6, 6.07) is 30.2. The Labute approximate surface area is 193 Å². The number of anilines is 3. The molecule has 6 rings (SSSR count). The molecule has 0 N–H and O–H groups in total. The van der Waals surface area contributed by atoms with Gasteiger partial charge in [0.15, 0.2) is 0 Å². The number of hydrogen-bond acceptors (Lipinski definition) is 4. The van der Waals surface area contributed by atoms with Gasteiger partial charge in [-0.3, -0.25) is 0 Å². The van der Waals surface area contributed by atoms with E-state index in [-0.39, 0.29) is 0 Å². The lowest BCUT2D eigenvalue weighted by Crippen LogP contribution is -2.58. The fourth-order valence-electron chi connectivity index (χ4n) is 4.87. The van der Waals surface area contributed by atoms with Crippen LogP contribution in [0.2, 0.25) is 13.1 Å². The van der Waals surface area contributed by atoms with E-state index in [4.69, 9.17) is 0 Å². The second kappa shape index (κ2) is 6.85. The number of rotatable bonds is 1. The molecule has 0 spiro atoms. The normalized spacial score (nSPS) is 17.0. The molecule has 0 saturated carbocycles. The molecule has 2 aliphatic rings. The van der Waals surface area contributed by atoms with Gasteiger partial charge in [0.1, 0.15) is 8.07 Å². The zero-order valence-corrected chi connectivity index (χ0v) is 20.4. The van der Waals surface area contributed by atoms with E-state index in [0.29, 0.717) is 9.79 Å². The van der Waals surface area contributed by atoms with Crippen LogP contribution in [0.3, 0.4) is 0 Å². The van der Waals surface area contributed by atoms with Gasteiger partial charge >= 0.3 is 0 Å². The Bertz CT molecular complexity index is 1460. The van der Waals surface area contributed by atoms with E-state index in [1.165, 1.54) is 22.1 Å². The fraction of sp³-hybridized carbons (Fsp3) is 0.0769. The Morgan fingerprint density at radius 2 is 1.25 bits per heavy atom. The molecule has 2 heterocycles. The molecule has 0 unspecified atom stereocenters. The summed E-state index contributed by atoms with van der Waals surface area (Å²) in [4.78, 5) is 4.57. The molecular formula is C26H21NO2S2Si. The molecule has 0 atom stereocenters. The van der Waals surface area contributed by atoms with Crippen LogP contribution in [0.15, 0.2) is 111 Å². The van der Waals surface area contributed by atoms with Crippen LogP contribution in [-0.2, 0) is 9.84 Å². The first-order valence-corrected chi connectivity index (χ1v) is 15.8. The SMILES string of the molecule is C[Si]1(C)c2ccccc2N(c2ccc3c(c2)S(=O)(=O)c2ccccc2S3)c2ccccc21. The summed E-state index contributed by atoms with van der Waals surface area (Å²) in [6.45, 7) is 4.76. The molecule has 32 heavy (non-hydrogen) atoms. The zero-order valence-electron chi connectivity index (χ0n) is 17.7. The summed E-state index contributed by atoms with van der Waals surface area (Å²) >= 11 is 1.52. The summed E-state index contributed by atoms with van der Waals surface area (Å²) in [5, 5.41) is 2.72. The average molecular weight is 472 g/mol. The topological polar surface area (TPSA) is 37.4 Å². The maximum Gasteiger partial charge on any atom is 0.208 e. The van der Waals surface area contributed by atoms with Gasteiger partial charge in [-0.25, -0.2) is 8.42 Å². The highest BCUT2D eigenvalue weighted by molar-refractivity contribution is 8.02. The van der Waals surface area contributed by atoms with Crippen molar-refractivity contribution in [2.75, 3.05) is 4.90 Å². The van der Waals surface area contributed by atoms with Gasteiger partial charge < -0.3 is 4.90 Å². The van der Waals surface area contributed by atoms with Crippen LogP contribution in [-0.4, -0.2) is 16.5 Å². The molecule has 158 valence electrons. The Morgan fingerprint density at radius 1 is 0.688 bits per heavy atom. The summed E-state index contributed by atoms with van der Waals surface area (Å²) < 4.78 is 27.0. The van der Waals surface area contributed by atoms with Crippen molar-refractivity contribution in [3.05, 3.63) is 91.0 Å². The van der Waals surface area contributed by atoms with Crippen molar-refractivity contribution in [2.45, 2.75) is 32.7 Å². The van der Waals surface area contributed by atoms with Crippen LogP contribution in [0.5, 0.6) is 0 Å². The number of hydrogen-bond donors (Lipinski definition) is 0. The second-order valence-corrected chi connectivity index (χ2v) is 16.0. The molecule has 4 aromatic carbocycles. The van der Waals surface area contributed by atoms with Gasteiger partial charge in [-0.05, 0) is 52.8 Å². The largest absolute Gasteiger partial charge is 0.311 e. The monoisotopic (exact) mass is 471 g/mol. The van der Waals surface area contributed by atoms with Gasteiger partial charge in [0.05, 0.1) is 9.79 Å². The van der Waals surface area contributed by atoms with E-state index < -0.39 is 17.9 Å². The molecule has 3 nitrogen and oxygen atoms in total. The van der Waals surface area contributed by atoms with E-state index >= 15 is 0 Å². The third kappa shape index (κ3) is 2.70. The first-order valence-electron chi connectivity index (χ1n) is 10.5. The number of sulfone groups is 1. The van der Waals surface area contributed by atoms with Crippen molar-refractivity contribution in [3.63, 3.8) is 0 Å². The van der Waals surface area contributed by atoms with Gasteiger partial charge in [-0.1, -0.05) is 73.4 Å². The highest BCUT2D eigenvalue weighted by atomic mass is 32.2. The van der Waals surface area contributed by atoms with E-state index in [2.05, 4.69) is 66.5 Å². The predicted molar refractivity (Wildman–Crippen MR) is 134 cm³/mol. The Hall–Kier alpha value is -2.80. The highest BCUT2D eigenvalue weighted by Crippen LogP contribution is 2.47. The average Bonchev–Trinajstić information content (AvgIpc) is 2.80. The zero-order chi connectivity index (χ0) is 22.1. The molecule has 2 aliphatic heterocycles. The van der Waals surface area contributed by atoms with Crippen molar-refractivity contribution >= 4 is 57.1 Å². The van der Waals surface area contributed by atoms with Crippen molar-refractivity contribution in [1.82, 2.24) is 0 Å². The number of fused-ring (bicyclic) bond motifs is 4. The highest BCUT2D eigenvalue weighted by Gasteiger charge is 2.39. The summed E-state index contributed by atoms with van der Waals surface area (Å²) in [5.74, 6) is 0. The van der Waals surface area contributed by atoms with E-state index in [0.717, 1.165) is 26.9 Å². The minimum Gasteiger partial charge on any atom is -0.311 e. The molecule has 0 radical (unpaired) electrons. The minimum absolute atomic E-state index is 0.385. The van der Waals surface area contributed by atoms with Crippen molar-refractivity contribution in [2.24, 2.45) is 0 Å². The molecule has 0 fully saturated rings. The van der Waals surface area contributed by atoms with Crippen LogP contribution in [0.1, 0.15) is 0 Å². The van der Waals surface area contributed by atoms with E-state index in [1.807, 2.05) is 30.3 Å². The van der Waals surface area contributed by atoms with Gasteiger partial charge in [0, 0.05) is 26.9 Å². The van der Waals surface area contributed by atoms with Crippen molar-refractivity contribution in [1.29, 1.82) is 0 Å². The standard InChI is InChI=1S/C26H21NO2S2Si/c1-32(2)25-13-7-3-9-19(25)27(20-10-4-8-14-26(20)32)18-15-16-22-24(17-18)31(28,29)23-12-6-5-11-21(23)30-22/h3-17H,1-2H3. The maximum atomic E-state index is 13.5. The quantitative estimate of drug-likeness (QED) is 0.299. The van der Waals surface area contributed by atoms with Gasteiger partial charge in [0.25, 0.3) is 0 Å². The Balaban J connectivity index is 1.59. The molecule has 6 heteroatoms. The van der Waals surface area contributed by atoms with Crippen LogP contribution in [0.25, 0.3) is 0 Å². The van der Waals surface area contributed by atoms with Crippen molar-refractivity contribution < 1.29 is 8.42 Å². The smallest absolute Gasteiger partial charge is 0.208 e. The Kier molecular flexibility index (Phi) is 4.25. The second-order valence-electron chi connectivity index (χ2n) is 8.68. The van der Waals surface area contributed by atoms with Gasteiger partial charge in [-0.2, -0.15) is 0 Å². The van der Waals surface area contributed by atoms with Crippen LogP contribution < -0.4 is 15.3 Å². The van der Waals surface area contributed by atoms with Gasteiger partial charge in [-0.15, -0.1) is 0 Å². The molecule has 0 saturated heterocycles. The minimum atomic E-state index is -3.58. The molecule has 0 amide bonds. The van der Waals surface area contributed by atoms with E-state index in [9.17, 15) is 8.42 Å². The number of benzene rings is 4. The number of nitrogens with zero attached hydrogens (tertiary/aromatic N) is 1. The maximum absolute atomic E-state index is 13.5. The first-order chi connectivity index (χ1) is 15.4. The van der Waals surface area contributed by atoms with E-state index in [1.54, 1.807) is 12.1 Å². The summed E-state index contributed by atoms with van der Waals surface area (Å²) in [7, 11) is -5.45. The molecule has 0 bridgehead atoms. The lowest BCUT2D eigenvalue weighted by atomic mass is 10.2. The van der Waals surface area contributed by atoms with Crippen LogP contribution >= 0.6 is 11.8 Å². The number of para-hydroxylation sites is 2. The molecule has 0 aromatic heterocycles. The van der Waals surface area contributed by atoms with Crippen LogP contribution in [0.4, 0.5) is 17.1 Å². The third-order valence-corrected chi connectivity index (χ3v) is 13.3. The summed E-state index contributed by atoms with van der Waals surface area (Å²) in [5.41, 5.74) is 3.16. The molecule has 4 aromatic rings. The van der Waals surface area contributed by atoms with Crippen LogP contribution in [0, 0.1) is 0 Å². The van der Waals surface area contributed by atoms with Crippen molar-refractivity contribution in [3.8, 4) is 0 Å². The summed E-state index contributed by atoms with van der Waals surface area (Å²) in [6.07, 6.45) is 0. The predicted octanol–water partition coefficient (Wildman–Crippen LogP) is 5.59. The lowest BCUT2D eigenvalue weighted by molar-refractivity contribution is 0.591. The first kappa shape index (κ1) is 19.9. The lowest BCUT2D eigenvalue weighted by Gasteiger charge is -2.41. The molecular weight excluding hydrogens is 451 g/mol.